The Kier molecular flexibility index (Phi) is 4.66. The molecule has 4 nitrogen and oxygen atoms in total. The predicted octanol–water partition coefficient (Wildman–Crippen LogP) is 1.97. The number of thiophene rings is 1. The van der Waals surface area contributed by atoms with Crippen molar-refractivity contribution < 1.29 is 4.79 Å². The van der Waals surface area contributed by atoms with E-state index in [4.69, 9.17) is 12.2 Å². The van der Waals surface area contributed by atoms with Crippen molar-refractivity contribution in [1.82, 2.24) is 10.3 Å². The number of carbonyl (C=O) groups is 1. The molecule has 0 saturated carbocycles. The highest BCUT2D eigenvalue weighted by Gasteiger charge is 2.16. The van der Waals surface area contributed by atoms with Crippen LogP contribution >= 0.6 is 23.1 Å². The molecule has 0 unspecified atom stereocenters. The highest BCUT2D eigenvalue weighted by atomic mass is 32.2. The average Bonchev–Trinajstić information content (AvgIpc) is 2.76. The summed E-state index contributed by atoms with van der Waals surface area (Å²) in [5, 5.41) is 3.67. The summed E-state index contributed by atoms with van der Waals surface area (Å²) in [6, 6.07) is 3.68. The summed E-state index contributed by atoms with van der Waals surface area (Å²) in [5.41, 5.74) is 6.47. The molecule has 2 aromatic heterocycles. The van der Waals surface area contributed by atoms with Crippen molar-refractivity contribution in [3.63, 3.8) is 0 Å². The van der Waals surface area contributed by atoms with E-state index in [2.05, 4.69) is 16.2 Å². The second-order valence-electron chi connectivity index (χ2n) is 3.71. The Morgan fingerprint density at radius 1 is 1.63 bits per heavy atom. The van der Waals surface area contributed by atoms with E-state index in [1.54, 1.807) is 18.0 Å². The third-order valence-electron chi connectivity index (χ3n) is 2.43. The molecule has 0 aromatic carbocycles. The molecule has 0 saturated heterocycles. The second-order valence-corrected chi connectivity index (χ2v) is 5.82. The van der Waals surface area contributed by atoms with E-state index in [-0.39, 0.29) is 5.91 Å². The lowest BCUT2D eigenvalue weighted by atomic mass is 10.2. The Balaban J connectivity index is 2.02. The van der Waals surface area contributed by atoms with Crippen LogP contribution in [0.1, 0.15) is 9.67 Å². The summed E-state index contributed by atoms with van der Waals surface area (Å²) in [7, 11) is 0. The summed E-state index contributed by atoms with van der Waals surface area (Å²) in [6.45, 7) is 0.576. The number of aromatic nitrogens is 1. The number of amides is 1. The molecule has 2 rings (SSSR count). The van der Waals surface area contributed by atoms with Gasteiger partial charge in [0.25, 0.3) is 5.91 Å². The van der Waals surface area contributed by atoms with Crippen LogP contribution in [0.25, 0.3) is 10.2 Å². The van der Waals surface area contributed by atoms with Crippen LogP contribution in [-0.2, 0) is 0 Å². The van der Waals surface area contributed by atoms with Crippen LogP contribution in [0.3, 0.4) is 0 Å². The first kappa shape index (κ1) is 13.7. The molecule has 19 heavy (non-hydrogen) atoms. The molecule has 0 aliphatic carbocycles. The van der Waals surface area contributed by atoms with E-state index >= 15 is 0 Å². The van der Waals surface area contributed by atoms with E-state index in [1.165, 1.54) is 11.3 Å². The number of pyridine rings is 1. The van der Waals surface area contributed by atoms with Gasteiger partial charge in [-0.05, 0) is 12.1 Å². The van der Waals surface area contributed by atoms with Crippen LogP contribution in [0.4, 0.5) is 5.69 Å². The molecule has 0 radical (unpaired) electrons. The highest BCUT2D eigenvalue weighted by Crippen LogP contribution is 2.31. The van der Waals surface area contributed by atoms with Crippen molar-refractivity contribution in [2.45, 2.75) is 0 Å². The van der Waals surface area contributed by atoms with Gasteiger partial charge >= 0.3 is 0 Å². The molecule has 3 N–H and O–H groups in total. The molecule has 0 bridgehead atoms. The van der Waals surface area contributed by atoms with Crippen LogP contribution in [0.5, 0.6) is 0 Å². The number of terminal acetylenes is 1. The summed E-state index contributed by atoms with van der Waals surface area (Å²) in [5.74, 6) is 3.84. The molecule has 2 aromatic rings. The van der Waals surface area contributed by atoms with Crippen molar-refractivity contribution in [2.75, 3.05) is 23.8 Å². The van der Waals surface area contributed by atoms with Crippen LogP contribution in [0, 0.1) is 12.3 Å². The minimum atomic E-state index is -0.151. The maximum absolute atomic E-state index is 12.0. The van der Waals surface area contributed by atoms with Crippen molar-refractivity contribution in [1.29, 1.82) is 0 Å². The lowest BCUT2D eigenvalue weighted by Gasteiger charge is -2.03. The van der Waals surface area contributed by atoms with Gasteiger partial charge in [0.05, 0.1) is 11.4 Å². The lowest BCUT2D eigenvalue weighted by Crippen LogP contribution is -2.25. The normalized spacial score (nSPS) is 10.3. The molecule has 0 aliphatic heterocycles. The molecule has 1 amide bonds. The van der Waals surface area contributed by atoms with E-state index in [1.807, 2.05) is 12.1 Å². The first-order chi connectivity index (χ1) is 9.24. The molecule has 6 heteroatoms. The number of nitrogens with two attached hydrogens (primary N) is 1. The molecule has 98 valence electrons. The van der Waals surface area contributed by atoms with Crippen molar-refractivity contribution in [3.8, 4) is 12.3 Å². The summed E-state index contributed by atoms with van der Waals surface area (Å²) in [6.07, 6.45) is 6.84. The second kappa shape index (κ2) is 6.45. The minimum absolute atomic E-state index is 0.151. The van der Waals surface area contributed by atoms with Gasteiger partial charge in [-0.25, -0.2) is 4.98 Å². The smallest absolute Gasteiger partial charge is 0.263 e. The Hall–Kier alpha value is -1.71. The van der Waals surface area contributed by atoms with Crippen LogP contribution in [0.15, 0.2) is 18.3 Å². The van der Waals surface area contributed by atoms with Gasteiger partial charge in [0.2, 0.25) is 0 Å². The van der Waals surface area contributed by atoms with Crippen LogP contribution in [-0.4, -0.2) is 28.9 Å². The highest BCUT2D eigenvalue weighted by molar-refractivity contribution is 7.99. The van der Waals surface area contributed by atoms with Gasteiger partial charge in [0.15, 0.2) is 0 Å². The molecule has 0 aliphatic rings. The van der Waals surface area contributed by atoms with E-state index in [9.17, 15) is 4.79 Å². The molecular formula is C13H13N3OS2. The first-order valence-corrected chi connectivity index (χ1v) is 7.63. The zero-order valence-corrected chi connectivity index (χ0v) is 11.8. The van der Waals surface area contributed by atoms with E-state index < -0.39 is 0 Å². The van der Waals surface area contributed by atoms with Crippen LogP contribution < -0.4 is 11.1 Å². The number of hydrogen-bond acceptors (Lipinski definition) is 5. The van der Waals surface area contributed by atoms with Gasteiger partial charge in [-0.1, -0.05) is 5.92 Å². The number of nitrogens with one attached hydrogen (secondary N) is 1. The number of rotatable bonds is 5. The Labute approximate surface area is 119 Å². The number of hydrogen-bond donors (Lipinski definition) is 2. The maximum Gasteiger partial charge on any atom is 0.263 e. The van der Waals surface area contributed by atoms with Crippen molar-refractivity contribution in [2.24, 2.45) is 0 Å². The topological polar surface area (TPSA) is 68.0 Å². The third kappa shape index (κ3) is 3.19. The zero-order valence-electron chi connectivity index (χ0n) is 10.2. The Morgan fingerprint density at radius 3 is 3.21 bits per heavy atom. The van der Waals surface area contributed by atoms with Gasteiger partial charge in [0.1, 0.15) is 9.71 Å². The summed E-state index contributed by atoms with van der Waals surface area (Å²) in [4.78, 5) is 17.5. The summed E-state index contributed by atoms with van der Waals surface area (Å²) < 4.78 is 0. The number of nitrogen functional groups attached to an aromatic ring is 1. The standard InChI is InChI=1S/C13H13N3OS2/c1-2-7-18-8-6-15-12(17)11-10(14)9-4-3-5-16-13(9)19-11/h1,3-5H,6-8,14H2,(H,15,17). The van der Waals surface area contributed by atoms with Gasteiger partial charge in [-0.15, -0.1) is 29.5 Å². The van der Waals surface area contributed by atoms with E-state index in [0.717, 1.165) is 16.0 Å². The fourth-order valence-corrected chi connectivity index (χ4v) is 3.06. The fourth-order valence-electron chi connectivity index (χ4n) is 1.57. The van der Waals surface area contributed by atoms with Gasteiger partial charge in [-0.2, -0.15) is 0 Å². The maximum atomic E-state index is 12.0. The molecule has 0 atom stereocenters. The number of thioether (sulfide) groups is 1. The van der Waals surface area contributed by atoms with Gasteiger partial charge in [-0.3, -0.25) is 4.79 Å². The van der Waals surface area contributed by atoms with Gasteiger partial charge in [0, 0.05) is 23.9 Å². The first-order valence-electron chi connectivity index (χ1n) is 5.66. The zero-order chi connectivity index (χ0) is 13.7. The quantitative estimate of drug-likeness (QED) is 0.653. The van der Waals surface area contributed by atoms with Crippen molar-refractivity contribution >= 4 is 44.9 Å². The molecule has 2 heterocycles. The van der Waals surface area contributed by atoms with E-state index in [0.29, 0.717) is 22.9 Å². The van der Waals surface area contributed by atoms with Gasteiger partial charge < -0.3 is 11.1 Å². The minimum Gasteiger partial charge on any atom is -0.397 e. The molecular weight excluding hydrogens is 278 g/mol. The molecule has 0 fully saturated rings. The number of anilines is 1. The number of fused-ring (bicyclic) bond motifs is 1. The predicted molar refractivity (Wildman–Crippen MR) is 82.5 cm³/mol. The SMILES string of the molecule is C#CCSCCNC(=O)c1sc2ncccc2c1N. The number of nitrogens with zero attached hydrogens (tertiary/aromatic N) is 1. The molecule has 0 spiro atoms. The average molecular weight is 291 g/mol. The third-order valence-corrected chi connectivity index (χ3v) is 4.42. The lowest BCUT2D eigenvalue weighted by molar-refractivity contribution is 0.0961. The number of carbonyl (C=O) groups excluding carboxylic acids is 1. The Morgan fingerprint density at radius 2 is 2.47 bits per heavy atom. The largest absolute Gasteiger partial charge is 0.397 e. The summed E-state index contributed by atoms with van der Waals surface area (Å²) >= 11 is 2.92. The monoisotopic (exact) mass is 291 g/mol. The Bertz CT molecular complexity index is 630. The fraction of sp³-hybridized carbons (Fsp3) is 0.231. The van der Waals surface area contributed by atoms with Crippen LogP contribution in [0.2, 0.25) is 0 Å². The van der Waals surface area contributed by atoms with Crippen molar-refractivity contribution in [3.05, 3.63) is 23.2 Å².